The lowest BCUT2D eigenvalue weighted by Gasteiger charge is -2.11. The van der Waals surface area contributed by atoms with E-state index in [-0.39, 0.29) is 0 Å². The van der Waals surface area contributed by atoms with Gasteiger partial charge in [0.05, 0.1) is 11.0 Å². The zero-order valence-corrected chi connectivity index (χ0v) is 38.1. The monoisotopic (exact) mass is 912 g/mol. The smallest absolute Gasteiger partial charge is 0.165 e. The second-order valence-electron chi connectivity index (χ2n) is 17.9. The predicted molar refractivity (Wildman–Crippen MR) is 289 cm³/mol. The molecule has 5 heterocycles. The molecule has 5 aromatic heterocycles. The molecule has 0 bridgehead atoms. The van der Waals surface area contributed by atoms with Crippen LogP contribution in [0.4, 0.5) is 0 Å². The fraction of sp³-hybridized carbons (Fsp3) is 0. The molecular weight excluding hydrogens is 877 g/mol. The number of furan rings is 2. The van der Waals surface area contributed by atoms with Crippen molar-refractivity contribution < 1.29 is 8.83 Å². The van der Waals surface area contributed by atoms with E-state index < -0.39 is 0 Å². The Balaban J connectivity index is 0.943. The highest BCUT2D eigenvalue weighted by molar-refractivity contribution is 7.26. The summed E-state index contributed by atoms with van der Waals surface area (Å²) in [6.45, 7) is 0. The summed E-state index contributed by atoms with van der Waals surface area (Å²) in [6, 6.07) is 76.8. The van der Waals surface area contributed by atoms with Crippen LogP contribution in [-0.2, 0) is 0 Å². The lowest BCUT2D eigenvalue weighted by Crippen LogP contribution is -2.00. The first-order valence-corrected chi connectivity index (χ1v) is 24.2. The number of para-hydroxylation sites is 3. The highest BCUT2D eigenvalue weighted by atomic mass is 32.1. The number of fused-ring (bicyclic) bond motifs is 12. The molecule has 15 rings (SSSR count). The third-order valence-corrected chi connectivity index (χ3v) is 15.1. The average molecular weight is 913 g/mol. The van der Waals surface area contributed by atoms with Crippen molar-refractivity contribution in [3.8, 4) is 62.1 Å². The molecule has 10 aromatic carbocycles. The lowest BCUT2D eigenvalue weighted by molar-refractivity contribution is 0.669. The summed E-state index contributed by atoms with van der Waals surface area (Å²) in [5, 5.41) is 8.90. The molecule has 0 aliphatic carbocycles. The van der Waals surface area contributed by atoms with Gasteiger partial charge in [-0.05, 0) is 95.1 Å². The second-order valence-corrected chi connectivity index (χ2v) is 18.9. The molecule has 0 spiro atoms. The zero-order valence-electron chi connectivity index (χ0n) is 37.3. The van der Waals surface area contributed by atoms with Gasteiger partial charge in [-0.15, -0.1) is 11.3 Å². The van der Waals surface area contributed by atoms with Gasteiger partial charge in [-0.25, -0.2) is 15.0 Å². The van der Waals surface area contributed by atoms with Gasteiger partial charge in [0.2, 0.25) is 0 Å². The molecule has 0 fully saturated rings. The molecule has 0 radical (unpaired) electrons. The minimum Gasteiger partial charge on any atom is -0.456 e. The minimum atomic E-state index is 0.578. The van der Waals surface area contributed by atoms with Gasteiger partial charge in [0.1, 0.15) is 22.3 Å². The van der Waals surface area contributed by atoms with Crippen molar-refractivity contribution in [2.24, 2.45) is 0 Å². The average Bonchev–Trinajstić information content (AvgIpc) is 4.19. The van der Waals surface area contributed by atoms with Crippen molar-refractivity contribution in [2.75, 3.05) is 0 Å². The number of aromatic nitrogens is 4. The number of hydrogen-bond acceptors (Lipinski definition) is 6. The predicted octanol–water partition coefficient (Wildman–Crippen LogP) is 17.5. The maximum Gasteiger partial charge on any atom is 0.165 e. The van der Waals surface area contributed by atoms with Crippen molar-refractivity contribution in [3.63, 3.8) is 0 Å². The molecule has 0 aliphatic rings. The van der Waals surface area contributed by atoms with Crippen molar-refractivity contribution in [3.05, 3.63) is 218 Å². The van der Waals surface area contributed by atoms with Gasteiger partial charge in [0, 0.05) is 74.9 Å². The molecule has 0 saturated carbocycles. The zero-order chi connectivity index (χ0) is 45.9. The Kier molecular flexibility index (Phi) is 8.43. The van der Waals surface area contributed by atoms with Crippen LogP contribution >= 0.6 is 11.3 Å². The van der Waals surface area contributed by atoms with Crippen LogP contribution in [0.2, 0.25) is 0 Å². The quantitative estimate of drug-likeness (QED) is 0.166. The van der Waals surface area contributed by atoms with E-state index in [1.54, 1.807) is 11.3 Å². The van der Waals surface area contributed by atoms with Crippen molar-refractivity contribution >= 4 is 97.2 Å². The van der Waals surface area contributed by atoms with Gasteiger partial charge < -0.3 is 13.4 Å². The van der Waals surface area contributed by atoms with E-state index in [0.717, 1.165) is 98.7 Å². The van der Waals surface area contributed by atoms with E-state index in [1.165, 1.54) is 31.8 Å². The fourth-order valence-electron chi connectivity index (χ4n) is 10.7. The first kappa shape index (κ1) is 38.9. The van der Waals surface area contributed by atoms with Gasteiger partial charge in [-0.2, -0.15) is 0 Å². The minimum absolute atomic E-state index is 0.578. The molecule has 0 unspecified atom stereocenters. The standard InChI is InChI=1S/C63H36N4O2S/c1-3-15-37(16-4-1)61-64-62(66-63(65-61)48-24-13-22-45-44-20-9-12-28-57(44)70-60(45)48)47-23-14-27-55-59(47)50-33-39(30-32-54(50)68-55)49-34-40(36-56-58(49)46-21-8-11-26-53(46)69-56)38-29-31-43-42-19-7-10-25-51(42)67(52(43)35-38)41-17-5-2-6-18-41/h1-36H. The maximum atomic E-state index is 6.72. The van der Waals surface area contributed by atoms with Gasteiger partial charge in [0.25, 0.3) is 0 Å². The van der Waals surface area contributed by atoms with E-state index in [4.69, 9.17) is 23.8 Å². The molecule has 0 atom stereocenters. The molecular formula is C63H36N4O2S. The number of rotatable bonds is 6. The van der Waals surface area contributed by atoms with Crippen molar-refractivity contribution in [2.45, 2.75) is 0 Å². The molecule has 7 heteroatoms. The van der Waals surface area contributed by atoms with E-state index >= 15 is 0 Å². The molecule has 6 nitrogen and oxygen atoms in total. The van der Waals surface area contributed by atoms with Crippen LogP contribution in [0.15, 0.2) is 227 Å². The topological polar surface area (TPSA) is 69.9 Å². The van der Waals surface area contributed by atoms with Crippen LogP contribution in [-0.4, -0.2) is 19.5 Å². The first-order valence-electron chi connectivity index (χ1n) is 23.4. The summed E-state index contributed by atoms with van der Waals surface area (Å²) >= 11 is 1.77. The van der Waals surface area contributed by atoms with Crippen molar-refractivity contribution in [1.29, 1.82) is 0 Å². The Bertz CT molecular complexity index is 4600. The van der Waals surface area contributed by atoms with E-state index in [0.29, 0.717) is 17.5 Å². The highest BCUT2D eigenvalue weighted by Crippen LogP contribution is 2.45. The lowest BCUT2D eigenvalue weighted by atomic mass is 9.93. The van der Waals surface area contributed by atoms with Gasteiger partial charge in [0.15, 0.2) is 17.5 Å². The normalized spacial score (nSPS) is 12.0. The Morgan fingerprint density at radius 1 is 0.329 bits per heavy atom. The maximum absolute atomic E-state index is 6.72. The summed E-state index contributed by atoms with van der Waals surface area (Å²) < 4.78 is 18.1. The number of benzene rings is 10. The Morgan fingerprint density at radius 3 is 1.84 bits per heavy atom. The second kappa shape index (κ2) is 15.2. The SMILES string of the molecule is c1ccc(-c2nc(-c3cccc4c3sc3ccccc34)nc(-c3cccc4oc5ccc(-c6cc(-c7ccc8c9ccccc9n(-c9ccccc9)c8c7)cc7oc8ccccc8c67)cc5c34)n2)cc1. The van der Waals surface area contributed by atoms with Gasteiger partial charge in [-0.3, -0.25) is 0 Å². The molecule has 70 heavy (non-hydrogen) atoms. The van der Waals surface area contributed by atoms with Gasteiger partial charge >= 0.3 is 0 Å². The Labute approximate surface area is 404 Å². The van der Waals surface area contributed by atoms with Crippen LogP contribution in [0, 0.1) is 0 Å². The number of nitrogens with zero attached hydrogens (tertiary/aromatic N) is 4. The third kappa shape index (κ3) is 5.95. The number of hydrogen-bond donors (Lipinski definition) is 0. The van der Waals surface area contributed by atoms with Crippen LogP contribution in [0.25, 0.3) is 148 Å². The first-order chi connectivity index (χ1) is 34.7. The van der Waals surface area contributed by atoms with E-state index in [9.17, 15) is 0 Å². The molecule has 0 amide bonds. The van der Waals surface area contributed by atoms with E-state index in [2.05, 4.69) is 187 Å². The largest absolute Gasteiger partial charge is 0.456 e. The highest BCUT2D eigenvalue weighted by Gasteiger charge is 2.22. The third-order valence-electron chi connectivity index (χ3n) is 13.9. The summed E-state index contributed by atoms with van der Waals surface area (Å²) in [4.78, 5) is 15.8. The molecule has 326 valence electrons. The molecule has 0 saturated heterocycles. The summed E-state index contributed by atoms with van der Waals surface area (Å²) in [6.07, 6.45) is 0. The Morgan fingerprint density at radius 2 is 0.957 bits per heavy atom. The van der Waals surface area contributed by atoms with Gasteiger partial charge in [-0.1, -0.05) is 146 Å². The van der Waals surface area contributed by atoms with Crippen LogP contribution in [0.5, 0.6) is 0 Å². The summed E-state index contributed by atoms with van der Waals surface area (Å²) in [5.41, 5.74) is 13.7. The number of thiophene rings is 1. The van der Waals surface area contributed by atoms with Crippen LogP contribution in [0.3, 0.4) is 0 Å². The molecule has 0 N–H and O–H groups in total. The van der Waals surface area contributed by atoms with Crippen LogP contribution in [0.1, 0.15) is 0 Å². The molecule has 15 aromatic rings. The summed E-state index contributed by atoms with van der Waals surface area (Å²) in [5.74, 6) is 1.81. The Hall–Kier alpha value is -9.17. The summed E-state index contributed by atoms with van der Waals surface area (Å²) in [7, 11) is 0. The van der Waals surface area contributed by atoms with E-state index in [1.807, 2.05) is 36.4 Å². The fourth-order valence-corrected chi connectivity index (χ4v) is 11.9. The van der Waals surface area contributed by atoms with Crippen molar-refractivity contribution in [1.82, 2.24) is 19.5 Å². The molecule has 0 aliphatic heterocycles. The van der Waals surface area contributed by atoms with Crippen LogP contribution < -0.4 is 0 Å².